The second-order valence-corrected chi connectivity index (χ2v) is 5.46. The van der Waals surface area contributed by atoms with Gasteiger partial charge in [0.15, 0.2) is 0 Å². The predicted molar refractivity (Wildman–Crippen MR) is 81.1 cm³/mol. The van der Waals surface area contributed by atoms with Gasteiger partial charge in [-0.15, -0.1) is 11.3 Å². The molecule has 0 aliphatic heterocycles. The quantitative estimate of drug-likeness (QED) is 0.819. The number of benzene rings is 1. The highest BCUT2D eigenvalue weighted by Crippen LogP contribution is 2.34. The predicted octanol–water partition coefficient (Wildman–Crippen LogP) is 3.97. The Hall–Kier alpha value is -1.10. The van der Waals surface area contributed by atoms with Crippen molar-refractivity contribution >= 4 is 22.9 Å². The van der Waals surface area contributed by atoms with Gasteiger partial charge in [0.2, 0.25) is 0 Å². The zero-order chi connectivity index (χ0) is 13.7. The molecule has 0 fully saturated rings. The maximum Gasteiger partial charge on any atom is 0.130 e. The van der Waals surface area contributed by atoms with Gasteiger partial charge < -0.3 is 10.1 Å². The lowest BCUT2D eigenvalue weighted by Gasteiger charge is -2.06. The van der Waals surface area contributed by atoms with Gasteiger partial charge in [-0.25, -0.2) is 4.98 Å². The molecule has 3 nitrogen and oxygen atoms in total. The third-order valence-corrected chi connectivity index (χ3v) is 3.84. The van der Waals surface area contributed by atoms with E-state index in [-0.39, 0.29) is 0 Å². The lowest BCUT2D eigenvalue weighted by atomic mass is 10.2. The molecule has 2 rings (SSSR count). The van der Waals surface area contributed by atoms with Crippen LogP contribution in [0.25, 0.3) is 10.6 Å². The Labute approximate surface area is 122 Å². The Kier molecular flexibility index (Phi) is 5.19. The van der Waals surface area contributed by atoms with Gasteiger partial charge in [0, 0.05) is 16.9 Å². The van der Waals surface area contributed by atoms with Gasteiger partial charge in [-0.2, -0.15) is 0 Å². The molecule has 102 valence electrons. The van der Waals surface area contributed by atoms with Crippen molar-refractivity contribution in [2.24, 2.45) is 0 Å². The topological polar surface area (TPSA) is 34.1 Å². The molecule has 1 N–H and O–H groups in total. The highest BCUT2D eigenvalue weighted by molar-refractivity contribution is 7.13. The molecule has 0 aliphatic carbocycles. The van der Waals surface area contributed by atoms with Crippen LogP contribution in [0.15, 0.2) is 23.6 Å². The molecule has 0 bridgehead atoms. The third-order valence-electron chi connectivity index (χ3n) is 2.68. The minimum atomic E-state index is 0.669. The van der Waals surface area contributed by atoms with Crippen LogP contribution >= 0.6 is 22.9 Å². The molecule has 0 amide bonds. The van der Waals surface area contributed by atoms with Crippen LogP contribution in [-0.4, -0.2) is 18.6 Å². The van der Waals surface area contributed by atoms with E-state index >= 15 is 0 Å². The zero-order valence-electron chi connectivity index (χ0n) is 11.1. The summed E-state index contributed by atoms with van der Waals surface area (Å²) in [5.74, 6) is 0.759. The van der Waals surface area contributed by atoms with E-state index in [1.807, 2.05) is 18.2 Å². The van der Waals surface area contributed by atoms with Gasteiger partial charge in [0.05, 0.1) is 18.4 Å². The number of nitrogens with one attached hydrogen (secondary N) is 1. The van der Waals surface area contributed by atoms with E-state index in [0.29, 0.717) is 5.02 Å². The van der Waals surface area contributed by atoms with Crippen molar-refractivity contribution in [2.45, 2.75) is 19.9 Å². The number of aromatic nitrogens is 1. The van der Waals surface area contributed by atoms with Crippen molar-refractivity contribution in [3.05, 3.63) is 34.3 Å². The second kappa shape index (κ2) is 6.89. The molecule has 0 radical (unpaired) electrons. The number of nitrogens with zero attached hydrogens (tertiary/aromatic N) is 1. The Morgan fingerprint density at radius 2 is 2.26 bits per heavy atom. The van der Waals surface area contributed by atoms with Crippen molar-refractivity contribution < 1.29 is 4.74 Å². The largest absolute Gasteiger partial charge is 0.496 e. The highest BCUT2D eigenvalue weighted by Gasteiger charge is 2.10. The lowest BCUT2D eigenvalue weighted by Crippen LogP contribution is -2.13. The van der Waals surface area contributed by atoms with Crippen molar-refractivity contribution in [3.8, 4) is 16.3 Å². The zero-order valence-corrected chi connectivity index (χ0v) is 12.6. The number of methoxy groups -OCH3 is 1. The van der Waals surface area contributed by atoms with E-state index in [9.17, 15) is 0 Å². The fourth-order valence-electron chi connectivity index (χ4n) is 1.75. The summed E-state index contributed by atoms with van der Waals surface area (Å²) < 4.78 is 5.35. The van der Waals surface area contributed by atoms with E-state index in [1.165, 1.54) is 0 Å². The molecule has 0 saturated carbocycles. The van der Waals surface area contributed by atoms with Crippen molar-refractivity contribution in [3.63, 3.8) is 0 Å². The van der Waals surface area contributed by atoms with Crippen molar-refractivity contribution in [1.29, 1.82) is 0 Å². The van der Waals surface area contributed by atoms with Crippen LogP contribution in [0.1, 0.15) is 19.0 Å². The Balaban J connectivity index is 2.18. The summed E-state index contributed by atoms with van der Waals surface area (Å²) in [5.41, 5.74) is 2.05. The van der Waals surface area contributed by atoms with Crippen LogP contribution in [0, 0.1) is 0 Å². The fourth-order valence-corrected chi connectivity index (χ4v) is 2.76. The molecule has 1 heterocycles. The lowest BCUT2D eigenvalue weighted by molar-refractivity contribution is 0.416. The first-order chi connectivity index (χ1) is 9.24. The van der Waals surface area contributed by atoms with Crippen molar-refractivity contribution in [2.75, 3.05) is 13.7 Å². The minimum Gasteiger partial charge on any atom is -0.496 e. The summed E-state index contributed by atoms with van der Waals surface area (Å²) in [6.07, 6.45) is 1.13. The summed E-state index contributed by atoms with van der Waals surface area (Å²) in [6, 6.07) is 5.62. The molecule has 1 aromatic heterocycles. The summed E-state index contributed by atoms with van der Waals surface area (Å²) in [7, 11) is 1.65. The molecular formula is C14H17ClN2OS. The number of thiazole rings is 1. The Morgan fingerprint density at radius 1 is 1.42 bits per heavy atom. The van der Waals surface area contributed by atoms with E-state index in [0.717, 1.165) is 41.5 Å². The van der Waals surface area contributed by atoms with Crippen LogP contribution in [0.4, 0.5) is 0 Å². The molecule has 0 unspecified atom stereocenters. The molecular weight excluding hydrogens is 280 g/mol. The highest BCUT2D eigenvalue weighted by atomic mass is 35.5. The summed E-state index contributed by atoms with van der Waals surface area (Å²) >= 11 is 7.59. The van der Waals surface area contributed by atoms with Gasteiger partial charge in [0.1, 0.15) is 10.8 Å². The minimum absolute atomic E-state index is 0.669. The van der Waals surface area contributed by atoms with Crippen LogP contribution in [-0.2, 0) is 6.54 Å². The molecule has 0 saturated heterocycles. The first-order valence-corrected chi connectivity index (χ1v) is 7.49. The van der Waals surface area contributed by atoms with E-state index in [2.05, 4.69) is 22.6 Å². The first kappa shape index (κ1) is 14.3. The molecule has 1 aromatic carbocycles. The molecule has 2 aromatic rings. The average Bonchev–Trinajstić information content (AvgIpc) is 2.87. The van der Waals surface area contributed by atoms with Gasteiger partial charge in [0.25, 0.3) is 0 Å². The number of halogens is 1. The van der Waals surface area contributed by atoms with Gasteiger partial charge in [-0.3, -0.25) is 0 Å². The van der Waals surface area contributed by atoms with Gasteiger partial charge >= 0.3 is 0 Å². The van der Waals surface area contributed by atoms with E-state index in [4.69, 9.17) is 16.3 Å². The maximum absolute atomic E-state index is 5.97. The fraction of sp³-hybridized carbons (Fsp3) is 0.357. The average molecular weight is 297 g/mol. The van der Waals surface area contributed by atoms with E-state index in [1.54, 1.807) is 18.4 Å². The van der Waals surface area contributed by atoms with E-state index < -0.39 is 0 Å². The standard InChI is InChI=1S/C14H17ClN2OS/c1-3-6-16-8-11-9-19-14(17-11)12-5-4-10(15)7-13(12)18-2/h4-5,7,9,16H,3,6,8H2,1-2H3. The first-order valence-electron chi connectivity index (χ1n) is 6.23. The number of hydrogen-bond acceptors (Lipinski definition) is 4. The molecule has 0 spiro atoms. The van der Waals surface area contributed by atoms with Gasteiger partial charge in [-0.05, 0) is 31.2 Å². The molecule has 0 atom stereocenters. The normalized spacial score (nSPS) is 10.7. The smallest absolute Gasteiger partial charge is 0.130 e. The van der Waals surface area contributed by atoms with Gasteiger partial charge in [-0.1, -0.05) is 18.5 Å². The monoisotopic (exact) mass is 296 g/mol. The number of rotatable bonds is 6. The number of ether oxygens (including phenoxy) is 1. The van der Waals surface area contributed by atoms with Crippen LogP contribution in [0.2, 0.25) is 5.02 Å². The third kappa shape index (κ3) is 3.69. The summed E-state index contributed by atoms with van der Waals surface area (Å²) in [5, 5.41) is 7.05. The Bertz CT molecular complexity index is 542. The van der Waals surface area contributed by atoms with Crippen LogP contribution in [0.5, 0.6) is 5.75 Å². The Morgan fingerprint density at radius 3 is 3.00 bits per heavy atom. The maximum atomic E-state index is 5.97. The van der Waals surface area contributed by atoms with Crippen LogP contribution < -0.4 is 10.1 Å². The molecule has 19 heavy (non-hydrogen) atoms. The molecule has 5 heteroatoms. The second-order valence-electron chi connectivity index (χ2n) is 4.17. The summed E-state index contributed by atoms with van der Waals surface area (Å²) in [4.78, 5) is 4.62. The van der Waals surface area contributed by atoms with Crippen LogP contribution in [0.3, 0.4) is 0 Å². The van der Waals surface area contributed by atoms with Crippen molar-refractivity contribution in [1.82, 2.24) is 10.3 Å². The summed E-state index contributed by atoms with van der Waals surface area (Å²) in [6.45, 7) is 3.97. The molecule has 0 aliphatic rings. The SMILES string of the molecule is CCCNCc1csc(-c2ccc(Cl)cc2OC)n1. The number of hydrogen-bond donors (Lipinski definition) is 1.